The Morgan fingerprint density at radius 1 is 1.29 bits per heavy atom. The number of piperidine rings is 1. The van der Waals surface area contributed by atoms with Gasteiger partial charge >= 0.3 is 0 Å². The molecule has 0 amide bonds. The van der Waals surface area contributed by atoms with Crippen LogP contribution in [0.4, 0.5) is 6.01 Å². The van der Waals surface area contributed by atoms with Gasteiger partial charge in [-0.1, -0.05) is 0 Å². The van der Waals surface area contributed by atoms with E-state index in [1.165, 1.54) is 0 Å². The number of nitrogens with zero attached hydrogens (tertiary/aromatic N) is 4. The lowest BCUT2D eigenvalue weighted by atomic mass is 9.97. The van der Waals surface area contributed by atoms with Crippen molar-refractivity contribution in [3.63, 3.8) is 0 Å². The summed E-state index contributed by atoms with van der Waals surface area (Å²) in [6, 6.07) is 0.693. The molecule has 6 nitrogen and oxygen atoms in total. The van der Waals surface area contributed by atoms with Crippen molar-refractivity contribution < 1.29 is 4.42 Å². The van der Waals surface area contributed by atoms with Crippen LogP contribution in [0.3, 0.4) is 0 Å². The Morgan fingerprint density at radius 2 is 2.05 bits per heavy atom. The second kappa shape index (κ2) is 5.71. The highest BCUT2D eigenvalue weighted by Crippen LogP contribution is 2.22. The fraction of sp³-hybridized carbons (Fsp3) is 0.533. The van der Waals surface area contributed by atoms with Crippen molar-refractivity contribution in [2.45, 2.75) is 33.2 Å². The zero-order chi connectivity index (χ0) is 14.8. The van der Waals surface area contributed by atoms with Crippen LogP contribution in [0, 0.1) is 19.8 Å². The SMILES string of the molecule is Cc1ncn(CC2CCN(c3ncco3)CC2)c(=O)c1C. The Balaban J connectivity index is 1.63. The first-order chi connectivity index (χ1) is 10.1. The van der Waals surface area contributed by atoms with Crippen molar-refractivity contribution in [2.75, 3.05) is 18.0 Å². The summed E-state index contributed by atoms with van der Waals surface area (Å²) >= 11 is 0. The number of rotatable bonds is 3. The van der Waals surface area contributed by atoms with E-state index in [-0.39, 0.29) is 5.56 Å². The van der Waals surface area contributed by atoms with Crippen LogP contribution in [0.15, 0.2) is 28.0 Å². The standard InChI is InChI=1S/C15H20N4O2/c1-11-12(2)17-10-19(14(11)20)9-13-3-6-18(7-4-13)15-16-5-8-21-15/h5,8,10,13H,3-4,6-7,9H2,1-2H3. The van der Waals surface area contributed by atoms with E-state index in [0.29, 0.717) is 11.9 Å². The first-order valence-corrected chi connectivity index (χ1v) is 7.32. The van der Waals surface area contributed by atoms with Crippen molar-refractivity contribution in [3.05, 3.63) is 40.4 Å². The van der Waals surface area contributed by atoms with Crippen LogP contribution < -0.4 is 10.5 Å². The van der Waals surface area contributed by atoms with E-state index in [1.807, 2.05) is 13.8 Å². The molecular formula is C15H20N4O2. The average molecular weight is 288 g/mol. The number of aromatic nitrogens is 3. The minimum absolute atomic E-state index is 0.0811. The molecule has 2 aromatic heterocycles. The van der Waals surface area contributed by atoms with E-state index in [4.69, 9.17) is 4.42 Å². The second-order valence-electron chi connectivity index (χ2n) is 5.66. The monoisotopic (exact) mass is 288 g/mol. The zero-order valence-electron chi connectivity index (χ0n) is 12.5. The number of hydrogen-bond donors (Lipinski definition) is 0. The van der Waals surface area contributed by atoms with Gasteiger partial charge in [0.2, 0.25) is 0 Å². The van der Waals surface area contributed by atoms with Gasteiger partial charge in [0.25, 0.3) is 11.6 Å². The van der Waals surface area contributed by atoms with Crippen molar-refractivity contribution in [3.8, 4) is 0 Å². The number of oxazole rings is 1. The summed E-state index contributed by atoms with van der Waals surface area (Å²) in [6.45, 7) is 6.28. The summed E-state index contributed by atoms with van der Waals surface area (Å²) in [4.78, 5) is 22.8. The molecule has 1 fully saturated rings. The fourth-order valence-corrected chi connectivity index (χ4v) is 2.76. The maximum Gasteiger partial charge on any atom is 0.297 e. The van der Waals surface area contributed by atoms with E-state index >= 15 is 0 Å². The van der Waals surface area contributed by atoms with E-state index in [0.717, 1.165) is 43.7 Å². The number of anilines is 1. The topological polar surface area (TPSA) is 64.2 Å². The van der Waals surface area contributed by atoms with Gasteiger partial charge in [0.05, 0.1) is 12.5 Å². The molecule has 21 heavy (non-hydrogen) atoms. The van der Waals surface area contributed by atoms with Gasteiger partial charge in [-0.2, -0.15) is 0 Å². The smallest absolute Gasteiger partial charge is 0.297 e. The molecule has 0 bridgehead atoms. The molecule has 0 spiro atoms. The van der Waals surface area contributed by atoms with Crippen molar-refractivity contribution >= 4 is 6.01 Å². The normalized spacial score (nSPS) is 16.4. The number of hydrogen-bond acceptors (Lipinski definition) is 5. The summed E-state index contributed by atoms with van der Waals surface area (Å²) in [5.74, 6) is 0.498. The maximum absolute atomic E-state index is 12.2. The average Bonchev–Trinajstić information content (AvgIpc) is 3.03. The zero-order valence-corrected chi connectivity index (χ0v) is 12.5. The molecule has 1 aliphatic rings. The Hall–Kier alpha value is -2.11. The number of aryl methyl sites for hydroxylation is 1. The van der Waals surface area contributed by atoms with Crippen LogP contribution >= 0.6 is 0 Å². The third-order valence-corrected chi connectivity index (χ3v) is 4.27. The van der Waals surface area contributed by atoms with E-state index in [2.05, 4.69) is 14.9 Å². The summed E-state index contributed by atoms with van der Waals surface area (Å²) in [5.41, 5.74) is 1.64. The molecular weight excluding hydrogens is 268 g/mol. The van der Waals surface area contributed by atoms with Crippen molar-refractivity contribution in [1.82, 2.24) is 14.5 Å². The molecule has 0 radical (unpaired) electrons. The molecule has 1 aliphatic heterocycles. The van der Waals surface area contributed by atoms with Crippen LogP contribution in [0.2, 0.25) is 0 Å². The third kappa shape index (κ3) is 2.84. The van der Waals surface area contributed by atoms with Gasteiger partial charge in [-0.3, -0.25) is 9.36 Å². The first kappa shape index (κ1) is 13.9. The molecule has 2 aromatic rings. The van der Waals surface area contributed by atoms with Gasteiger partial charge in [0, 0.05) is 30.9 Å². The molecule has 0 saturated carbocycles. The first-order valence-electron chi connectivity index (χ1n) is 7.32. The molecule has 1 saturated heterocycles. The van der Waals surface area contributed by atoms with Gasteiger partial charge in [0.1, 0.15) is 6.26 Å². The maximum atomic E-state index is 12.2. The van der Waals surface area contributed by atoms with Crippen LogP contribution in [0.5, 0.6) is 0 Å². The van der Waals surface area contributed by atoms with Gasteiger partial charge in [-0.05, 0) is 32.6 Å². The lowest BCUT2D eigenvalue weighted by molar-refractivity contribution is 0.340. The molecule has 3 heterocycles. The summed E-state index contributed by atoms with van der Waals surface area (Å²) < 4.78 is 7.07. The van der Waals surface area contributed by atoms with Crippen LogP contribution in [0.1, 0.15) is 24.1 Å². The minimum Gasteiger partial charge on any atom is -0.432 e. The van der Waals surface area contributed by atoms with E-state index in [1.54, 1.807) is 23.4 Å². The Morgan fingerprint density at radius 3 is 2.71 bits per heavy atom. The van der Waals surface area contributed by atoms with Crippen LogP contribution in [-0.2, 0) is 6.54 Å². The highest BCUT2D eigenvalue weighted by molar-refractivity contribution is 5.25. The molecule has 0 unspecified atom stereocenters. The minimum atomic E-state index is 0.0811. The fourth-order valence-electron chi connectivity index (χ4n) is 2.76. The Bertz CT molecular complexity index is 655. The van der Waals surface area contributed by atoms with E-state index in [9.17, 15) is 4.79 Å². The van der Waals surface area contributed by atoms with Crippen molar-refractivity contribution in [2.24, 2.45) is 5.92 Å². The molecule has 112 valence electrons. The molecule has 0 aliphatic carbocycles. The van der Waals surface area contributed by atoms with E-state index < -0.39 is 0 Å². The van der Waals surface area contributed by atoms with Crippen molar-refractivity contribution in [1.29, 1.82) is 0 Å². The molecule has 6 heteroatoms. The molecule has 0 N–H and O–H groups in total. The highest BCUT2D eigenvalue weighted by Gasteiger charge is 2.22. The van der Waals surface area contributed by atoms with Gasteiger partial charge < -0.3 is 9.32 Å². The summed E-state index contributed by atoms with van der Waals surface area (Å²) in [5, 5.41) is 0. The van der Waals surface area contributed by atoms with Gasteiger partial charge in [-0.15, -0.1) is 0 Å². The summed E-state index contributed by atoms with van der Waals surface area (Å²) in [7, 11) is 0. The molecule has 0 atom stereocenters. The predicted octanol–water partition coefficient (Wildman–Crippen LogP) is 1.76. The largest absolute Gasteiger partial charge is 0.432 e. The quantitative estimate of drug-likeness (QED) is 0.861. The molecule has 0 aromatic carbocycles. The van der Waals surface area contributed by atoms with Crippen LogP contribution in [0.25, 0.3) is 0 Å². The third-order valence-electron chi connectivity index (χ3n) is 4.27. The van der Waals surface area contributed by atoms with Crippen LogP contribution in [-0.4, -0.2) is 27.6 Å². The second-order valence-corrected chi connectivity index (χ2v) is 5.66. The predicted molar refractivity (Wildman–Crippen MR) is 79.4 cm³/mol. The van der Waals surface area contributed by atoms with Gasteiger partial charge in [-0.25, -0.2) is 9.97 Å². The highest BCUT2D eigenvalue weighted by atomic mass is 16.4. The lowest BCUT2D eigenvalue weighted by Gasteiger charge is -2.31. The molecule has 3 rings (SSSR count). The Kier molecular flexibility index (Phi) is 3.77. The van der Waals surface area contributed by atoms with Gasteiger partial charge in [0.15, 0.2) is 0 Å². The lowest BCUT2D eigenvalue weighted by Crippen LogP contribution is -2.37. The summed E-state index contributed by atoms with van der Waals surface area (Å²) in [6.07, 6.45) is 7.00. The Labute approximate surface area is 123 Å².